The minimum absolute atomic E-state index is 0.0128. The Kier molecular flexibility index (Phi) is 5.63. The largest absolute Gasteiger partial charge is 0.388 e. The first kappa shape index (κ1) is 14.2. The molecule has 0 aliphatic rings. The highest BCUT2D eigenvalue weighted by Gasteiger charge is 2.06. The zero-order valence-corrected chi connectivity index (χ0v) is 11.3. The molecule has 0 spiro atoms. The average molecular weight is 210 g/mol. The Labute approximate surface area is 94.9 Å². The van der Waals surface area contributed by atoms with Crippen LogP contribution in [-0.2, 0) is 0 Å². The number of hydrogen-bond donors (Lipinski definition) is 1. The molecule has 0 aliphatic heterocycles. The molecule has 88 valence electrons. The van der Waals surface area contributed by atoms with E-state index in [0.717, 1.165) is 12.3 Å². The lowest BCUT2D eigenvalue weighted by Crippen LogP contribution is -2.18. The second-order valence-electron chi connectivity index (χ2n) is 5.53. The number of nitrogens with zero attached hydrogens (tertiary/aromatic N) is 1. The van der Waals surface area contributed by atoms with E-state index < -0.39 is 0 Å². The van der Waals surface area contributed by atoms with E-state index in [2.05, 4.69) is 57.9 Å². The lowest BCUT2D eigenvalue weighted by atomic mass is 10.1. The van der Waals surface area contributed by atoms with Crippen molar-refractivity contribution in [1.29, 1.82) is 0 Å². The Bertz CT molecular complexity index is 242. The molecule has 0 saturated carbocycles. The second kappa shape index (κ2) is 5.94. The number of aliphatic imine (C=N–C) groups is 1. The first-order valence-electron chi connectivity index (χ1n) is 5.69. The predicted octanol–water partition coefficient (Wildman–Crippen LogP) is 3.40. The molecule has 0 aromatic heterocycles. The fourth-order valence-corrected chi connectivity index (χ4v) is 1.29. The molecule has 0 rings (SSSR count). The van der Waals surface area contributed by atoms with Gasteiger partial charge in [-0.1, -0.05) is 13.8 Å². The summed E-state index contributed by atoms with van der Waals surface area (Å²) in [6.45, 7) is 15.9. The van der Waals surface area contributed by atoms with Gasteiger partial charge in [0.15, 0.2) is 0 Å². The van der Waals surface area contributed by atoms with Crippen LogP contribution in [0.25, 0.3) is 0 Å². The van der Waals surface area contributed by atoms with Crippen LogP contribution < -0.4 is 5.32 Å². The highest BCUT2D eigenvalue weighted by Crippen LogP contribution is 2.07. The standard InChI is InChI=1S/C13H26N2/c1-10(2)9-14-11(3)8-12(4)15-13(5,6)7/h8,10,14H,9H2,1-7H3/b11-8-,15-12+. The maximum atomic E-state index is 4.58. The Morgan fingerprint density at radius 3 is 2.20 bits per heavy atom. The van der Waals surface area contributed by atoms with Crippen LogP contribution in [0.3, 0.4) is 0 Å². The average Bonchev–Trinajstić information content (AvgIpc) is 1.96. The summed E-state index contributed by atoms with van der Waals surface area (Å²) in [5, 5.41) is 3.38. The van der Waals surface area contributed by atoms with E-state index >= 15 is 0 Å². The molecule has 0 aliphatic carbocycles. The maximum absolute atomic E-state index is 4.58. The molecule has 0 bridgehead atoms. The van der Waals surface area contributed by atoms with Gasteiger partial charge in [-0.2, -0.15) is 0 Å². The van der Waals surface area contributed by atoms with Gasteiger partial charge in [0.05, 0.1) is 5.54 Å². The van der Waals surface area contributed by atoms with Crippen LogP contribution in [-0.4, -0.2) is 17.8 Å². The number of nitrogens with one attached hydrogen (secondary N) is 1. The third kappa shape index (κ3) is 9.51. The zero-order chi connectivity index (χ0) is 12.1. The molecule has 0 heterocycles. The topological polar surface area (TPSA) is 24.4 Å². The fraction of sp³-hybridized carbons (Fsp3) is 0.769. The highest BCUT2D eigenvalue weighted by atomic mass is 14.9. The van der Waals surface area contributed by atoms with Crippen molar-refractivity contribution in [3.8, 4) is 0 Å². The van der Waals surface area contributed by atoms with Crippen LogP contribution in [0, 0.1) is 5.92 Å². The molecule has 0 aromatic rings. The summed E-state index contributed by atoms with van der Waals surface area (Å²) in [5.74, 6) is 0.674. The molecule has 0 unspecified atom stereocenters. The number of allylic oxidation sites excluding steroid dienone is 2. The second-order valence-corrected chi connectivity index (χ2v) is 5.53. The van der Waals surface area contributed by atoms with Crippen molar-refractivity contribution in [3.63, 3.8) is 0 Å². The molecule has 2 nitrogen and oxygen atoms in total. The van der Waals surface area contributed by atoms with E-state index in [1.54, 1.807) is 0 Å². The molecular weight excluding hydrogens is 184 g/mol. The molecular formula is C13H26N2. The Morgan fingerprint density at radius 2 is 1.80 bits per heavy atom. The molecule has 2 heteroatoms. The van der Waals surface area contributed by atoms with Crippen molar-refractivity contribution in [2.75, 3.05) is 6.54 Å². The van der Waals surface area contributed by atoms with E-state index in [-0.39, 0.29) is 5.54 Å². The molecule has 1 N–H and O–H groups in total. The van der Waals surface area contributed by atoms with Gasteiger partial charge in [0.1, 0.15) is 0 Å². The van der Waals surface area contributed by atoms with E-state index in [0.29, 0.717) is 5.92 Å². The number of rotatable bonds is 4. The fourth-order valence-electron chi connectivity index (χ4n) is 1.29. The first-order chi connectivity index (χ1) is 6.70. The van der Waals surface area contributed by atoms with Gasteiger partial charge in [0, 0.05) is 18.0 Å². The molecule has 0 amide bonds. The summed E-state index contributed by atoms with van der Waals surface area (Å²) in [6, 6.07) is 0. The SMILES string of the molecule is C/C(=C/C(C)=N/C(C)(C)C)NCC(C)C. The summed E-state index contributed by atoms with van der Waals surface area (Å²) in [4.78, 5) is 4.58. The minimum atomic E-state index is 0.0128. The van der Waals surface area contributed by atoms with Gasteiger partial charge in [-0.3, -0.25) is 4.99 Å². The smallest absolute Gasteiger partial charge is 0.0527 e. The van der Waals surface area contributed by atoms with Crippen LogP contribution in [0.15, 0.2) is 16.8 Å². The van der Waals surface area contributed by atoms with Crippen LogP contribution in [0.1, 0.15) is 48.5 Å². The lowest BCUT2D eigenvalue weighted by Gasteiger charge is -2.13. The van der Waals surface area contributed by atoms with E-state index in [9.17, 15) is 0 Å². The maximum Gasteiger partial charge on any atom is 0.0527 e. The summed E-state index contributed by atoms with van der Waals surface area (Å²) in [6.07, 6.45) is 2.10. The predicted molar refractivity (Wildman–Crippen MR) is 69.5 cm³/mol. The van der Waals surface area contributed by atoms with E-state index in [4.69, 9.17) is 0 Å². The van der Waals surface area contributed by atoms with Gasteiger partial charge in [-0.05, 0) is 46.6 Å². The van der Waals surface area contributed by atoms with Gasteiger partial charge in [-0.25, -0.2) is 0 Å². The van der Waals surface area contributed by atoms with Crippen molar-refractivity contribution in [2.24, 2.45) is 10.9 Å². The zero-order valence-electron chi connectivity index (χ0n) is 11.3. The monoisotopic (exact) mass is 210 g/mol. The van der Waals surface area contributed by atoms with E-state index in [1.807, 2.05) is 6.92 Å². The van der Waals surface area contributed by atoms with Gasteiger partial charge in [0.25, 0.3) is 0 Å². The quantitative estimate of drug-likeness (QED) is 0.707. The summed E-state index contributed by atoms with van der Waals surface area (Å²) in [7, 11) is 0. The van der Waals surface area contributed by atoms with Crippen molar-refractivity contribution >= 4 is 5.71 Å². The van der Waals surface area contributed by atoms with Crippen molar-refractivity contribution < 1.29 is 0 Å². The minimum Gasteiger partial charge on any atom is -0.388 e. The lowest BCUT2D eigenvalue weighted by molar-refractivity contribution is 0.583. The molecule has 0 radical (unpaired) electrons. The third-order valence-electron chi connectivity index (χ3n) is 1.73. The summed E-state index contributed by atoms with van der Waals surface area (Å²) in [5.41, 5.74) is 2.28. The Balaban J connectivity index is 4.29. The van der Waals surface area contributed by atoms with E-state index in [1.165, 1.54) is 5.70 Å². The van der Waals surface area contributed by atoms with Crippen LogP contribution in [0.5, 0.6) is 0 Å². The third-order valence-corrected chi connectivity index (χ3v) is 1.73. The van der Waals surface area contributed by atoms with Crippen LogP contribution in [0.4, 0.5) is 0 Å². The van der Waals surface area contributed by atoms with Gasteiger partial charge >= 0.3 is 0 Å². The van der Waals surface area contributed by atoms with Gasteiger partial charge < -0.3 is 5.32 Å². The van der Waals surface area contributed by atoms with Crippen LogP contribution >= 0.6 is 0 Å². The van der Waals surface area contributed by atoms with Gasteiger partial charge in [0.2, 0.25) is 0 Å². The molecule has 0 atom stereocenters. The number of hydrogen-bond acceptors (Lipinski definition) is 2. The Hall–Kier alpha value is -0.790. The first-order valence-corrected chi connectivity index (χ1v) is 5.69. The molecule has 0 fully saturated rings. The Morgan fingerprint density at radius 1 is 1.27 bits per heavy atom. The van der Waals surface area contributed by atoms with Crippen molar-refractivity contribution in [3.05, 3.63) is 11.8 Å². The highest BCUT2D eigenvalue weighted by molar-refractivity contribution is 5.93. The van der Waals surface area contributed by atoms with Crippen molar-refractivity contribution in [1.82, 2.24) is 5.32 Å². The van der Waals surface area contributed by atoms with Gasteiger partial charge in [-0.15, -0.1) is 0 Å². The molecule has 0 aromatic carbocycles. The summed E-state index contributed by atoms with van der Waals surface area (Å²) < 4.78 is 0. The summed E-state index contributed by atoms with van der Waals surface area (Å²) >= 11 is 0. The van der Waals surface area contributed by atoms with Crippen LogP contribution in [0.2, 0.25) is 0 Å². The molecule has 15 heavy (non-hydrogen) atoms. The molecule has 0 saturated heterocycles. The van der Waals surface area contributed by atoms with Crippen molar-refractivity contribution in [2.45, 2.75) is 54.0 Å². The normalized spacial score (nSPS) is 14.7.